The predicted octanol–water partition coefficient (Wildman–Crippen LogP) is 3.47. The van der Waals surface area contributed by atoms with Crippen LogP contribution in [0.4, 0.5) is 0 Å². The van der Waals surface area contributed by atoms with Gasteiger partial charge in [-0.3, -0.25) is 4.79 Å². The zero-order valence-electron chi connectivity index (χ0n) is 11.1. The van der Waals surface area contributed by atoms with Crippen molar-refractivity contribution in [2.75, 3.05) is 14.2 Å². The molecular weight excluding hydrogens is 264 g/mol. The highest BCUT2D eigenvalue weighted by molar-refractivity contribution is 6.63. The number of ether oxygens (including phenoxy) is 2. The molecule has 100 valence electrons. The average molecular weight is 279 g/mol. The zero-order valence-corrected chi connectivity index (χ0v) is 11.9. The molecule has 0 fully saturated rings. The van der Waals surface area contributed by atoms with Gasteiger partial charge in [0.1, 0.15) is 0 Å². The lowest BCUT2D eigenvalue weighted by atomic mass is 10.00. The van der Waals surface area contributed by atoms with Crippen LogP contribution in [0.15, 0.2) is 24.3 Å². The molecule has 0 amide bonds. The first-order chi connectivity index (χ1) is 9.06. The van der Waals surface area contributed by atoms with Gasteiger partial charge in [-0.15, -0.1) is 0 Å². The number of hydrogen-bond acceptors (Lipinski definition) is 3. The SMILES string of the molecule is COc1cc2ccc(CC(=O)Cl)cc2c(C)c1OC. The normalized spacial score (nSPS) is 10.5. The summed E-state index contributed by atoms with van der Waals surface area (Å²) in [6.07, 6.45) is 0.227. The second kappa shape index (κ2) is 5.49. The number of hydrogen-bond donors (Lipinski definition) is 0. The van der Waals surface area contributed by atoms with Crippen molar-refractivity contribution in [3.63, 3.8) is 0 Å². The van der Waals surface area contributed by atoms with Crippen LogP contribution < -0.4 is 9.47 Å². The first kappa shape index (κ1) is 13.7. The smallest absolute Gasteiger partial charge is 0.226 e. The molecule has 0 aliphatic carbocycles. The van der Waals surface area contributed by atoms with Crippen LogP contribution in [-0.2, 0) is 11.2 Å². The highest BCUT2D eigenvalue weighted by atomic mass is 35.5. The lowest BCUT2D eigenvalue weighted by molar-refractivity contribution is -0.111. The van der Waals surface area contributed by atoms with Crippen molar-refractivity contribution >= 4 is 27.6 Å². The molecule has 3 nitrogen and oxygen atoms in total. The Labute approximate surface area is 117 Å². The van der Waals surface area contributed by atoms with E-state index in [1.807, 2.05) is 31.2 Å². The summed E-state index contributed by atoms with van der Waals surface area (Å²) in [5.74, 6) is 1.41. The predicted molar refractivity (Wildman–Crippen MR) is 76.4 cm³/mol. The Morgan fingerprint density at radius 3 is 2.53 bits per heavy atom. The number of benzene rings is 2. The fraction of sp³-hybridized carbons (Fsp3) is 0.267. The second-order valence-corrected chi connectivity index (χ2v) is 4.75. The molecule has 2 aromatic rings. The number of methoxy groups -OCH3 is 2. The molecule has 2 aromatic carbocycles. The average Bonchev–Trinajstić information content (AvgIpc) is 2.38. The maximum absolute atomic E-state index is 11.0. The molecule has 19 heavy (non-hydrogen) atoms. The number of fused-ring (bicyclic) bond motifs is 1. The Bertz CT molecular complexity index is 635. The van der Waals surface area contributed by atoms with Gasteiger partial charge in [-0.25, -0.2) is 0 Å². The number of carbonyl (C=O) groups is 1. The quantitative estimate of drug-likeness (QED) is 0.803. The van der Waals surface area contributed by atoms with Crippen LogP contribution in [0.25, 0.3) is 10.8 Å². The summed E-state index contributed by atoms with van der Waals surface area (Å²) in [5, 5.41) is 1.71. The van der Waals surface area contributed by atoms with E-state index in [9.17, 15) is 4.79 Å². The minimum atomic E-state index is -0.363. The maximum atomic E-state index is 11.0. The standard InChI is InChI=1S/C15H15ClO3/c1-9-12-6-10(7-14(16)17)4-5-11(12)8-13(18-2)15(9)19-3/h4-6,8H,7H2,1-3H3. The Morgan fingerprint density at radius 2 is 1.95 bits per heavy atom. The number of rotatable bonds is 4. The van der Waals surface area contributed by atoms with E-state index in [-0.39, 0.29) is 11.7 Å². The number of carbonyl (C=O) groups excluding carboxylic acids is 1. The van der Waals surface area contributed by atoms with Crippen molar-refractivity contribution in [1.29, 1.82) is 0 Å². The molecule has 0 N–H and O–H groups in total. The van der Waals surface area contributed by atoms with E-state index in [1.54, 1.807) is 14.2 Å². The van der Waals surface area contributed by atoms with Gasteiger partial charge in [0.05, 0.1) is 14.2 Å². The Hall–Kier alpha value is -1.74. The van der Waals surface area contributed by atoms with Crippen molar-refractivity contribution in [3.8, 4) is 11.5 Å². The topological polar surface area (TPSA) is 35.5 Å². The van der Waals surface area contributed by atoms with Crippen molar-refractivity contribution in [2.45, 2.75) is 13.3 Å². The Balaban J connectivity index is 2.64. The summed E-state index contributed by atoms with van der Waals surface area (Å²) in [4.78, 5) is 11.0. The van der Waals surface area contributed by atoms with Gasteiger partial charge in [-0.2, -0.15) is 0 Å². The first-order valence-electron chi connectivity index (χ1n) is 5.89. The van der Waals surface area contributed by atoms with E-state index in [0.29, 0.717) is 11.5 Å². The van der Waals surface area contributed by atoms with Gasteiger partial charge in [0.15, 0.2) is 11.5 Å². The van der Waals surface area contributed by atoms with E-state index in [2.05, 4.69) is 0 Å². The summed E-state index contributed by atoms with van der Waals surface area (Å²) in [5.41, 5.74) is 1.88. The van der Waals surface area contributed by atoms with E-state index in [0.717, 1.165) is 21.9 Å². The molecule has 0 spiro atoms. The van der Waals surface area contributed by atoms with E-state index in [4.69, 9.17) is 21.1 Å². The molecule has 0 radical (unpaired) electrons. The third-order valence-corrected chi connectivity index (χ3v) is 3.27. The van der Waals surface area contributed by atoms with Crippen LogP contribution in [0.1, 0.15) is 11.1 Å². The van der Waals surface area contributed by atoms with Crippen molar-refractivity contribution in [1.82, 2.24) is 0 Å². The summed E-state index contributed by atoms with van der Waals surface area (Å²) in [6, 6.07) is 7.74. The second-order valence-electron chi connectivity index (χ2n) is 4.32. The van der Waals surface area contributed by atoms with Crippen molar-refractivity contribution in [2.24, 2.45) is 0 Å². The monoisotopic (exact) mass is 278 g/mol. The lowest BCUT2D eigenvalue weighted by Crippen LogP contribution is -1.96. The Kier molecular flexibility index (Phi) is 3.96. The molecule has 0 atom stereocenters. The van der Waals surface area contributed by atoms with Gasteiger partial charge in [0.25, 0.3) is 0 Å². The summed E-state index contributed by atoms with van der Waals surface area (Å²) in [6.45, 7) is 1.97. The molecule has 0 aromatic heterocycles. The largest absolute Gasteiger partial charge is 0.493 e. The molecule has 0 saturated carbocycles. The summed E-state index contributed by atoms with van der Waals surface area (Å²) in [7, 11) is 3.23. The van der Waals surface area contributed by atoms with Gasteiger partial charge < -0.3 is 9.47 Å². The summed E-state index contributed by atoms with van der Waals surface area (Å²) < 4.78 is 10.7. The van der Waals surface area contributed by atoms with E-state index >= 15 is 0 Å². The van der Waals surface area contributed by atoms with E-state index in [1.165, 1.54) is 0 Å². The van der Waals surface area contributed by atoms with Crippen LogP contribution in [0.2, 0.25) is 0 Å². The molecule has 2 rings (SSSR count). The number of halogens is 1. The highest BCUT2D eigenvalue weighted by Gasteiger charge is 2.12. The maximum Gasteiger partial charge on any atom is 0.226 e. The third kappa shape index (κ3) is 2.66. The summed E-state index contributed by atoms with van der Waals surface area (Å²) >= 11 is 5.43. The van der Waals surface area contributed by atoms with Crippen molar-refractivity contribution < 1.29 is 14.3 Å². The Morgan fingerprint density at radius 1 is 1.21 bits per heavy atom. The third-order valence-electron chi connectivity index (χ3n) is 3.14. The van der Waals surface area contributed by atoms with E-state index < -0.39 is 0 Å². The zero-order chi connectivity index (χ0) is 14.0. The molecule has 4 heteroatoms. The molecular formula is C15H15ClO3. The fourth-order valence-corrected chi connectivity index (χ4v) is 2.40. The molecule has 0 unspecified atom stereocenters. The fourth-order valence-electron chi connectivity index (χ4n) is 2.24. The molecule has 0 bridgehead atoms. The lowest BCUT2D eigenvalue weighted by Gasteiger charge is -2.14. The minimum Gasteiger partial charge on any atom is -0.493 e. The first-order valence-corrected chi connectivity index (χ1v) is 6.27. The van der Waals surface area contributed by atoms with Crippen LogP contribution in [0, 0.1) is 6.92 Å². The van der Waals surface area contributed by atoms with Gasteiger partial charge in [0.2, 0.25) is 5.24 Å². The molecule has 0 heterocycles. The minimum absolute atomic E-state index is 0.227. The van der Waals surface area contributed by atoms with Crippen LogP contribution in [0.3, 0.4) is 0 Å². The molecule has 0 aliphatic heterocycles. The van der Waals surface area contributed by atoms with Gasteiger partial charge in [-0.05, 0) is 40.9 Å². The molecule has 0 saturated heterocycles. The van der Waals surface area contributed by atoms with Crippen molar-refractivity contribution in [3.05, 3.63) is 35.4 Å². The number of aryl methyl sites for hydroxylation is 1. The van der Waals surface area contributed by atoms with Gasteiger partial charge in [-0.1, -0.05) is 18.2 Å². The van der Waals surface area contributed by atoms with Gasteiger partial charge in [0, 0.05) is 12.0 Å². The van der Waals surface area contributed by atoms with Crippen LogP contribution in [-0.4, -0.2) is 19.5 Å². The highest BCUT2D eigenvalue weighted by Crippen LogP contribution is 2.37. The van der Waals surface area contributed by atoms with Gasteiger partial charge >= 0.3 is 0 Å². The molecule has 0 aliphatic rings. The van der Waals surface area contributed by atoms with Crippen LogP contribution >= 0.6 is 11.6 Å². The van der Waals surface area contributed by atoms with Crippen LogP contribution in [0.5, 0.6) is 11.5 Å².